The quantitative estimate of drug-likeness (QED) is 0.870. The molecular formula is C15H24N2O. The van der Waals surface area contributed by atoms with Gasteiger partial charge in [-0.1, -0.05) is 12.1 Å². The largest absolute Gasteiger partial charge is 0.494 e. The summed E-state index contributed by atoms with van der Waals surface area (Å²) >= 11 is 0. The zero-order chi connectivity index (χ0) is 13.0. The molecule has 0 amide bonds. The van der Waals surface area contributed by atoms with E-state index < -0.39 is 0 Å². The van der Waals surface area contributed by atoms with E-state index in [-0.39, 0.29) is 6.04 Å². The third-order valence-corrected chi connectivity index (χ3v) is 3.56. The van der Waals surface area contributed by atoms with Crippen LogP contribution in [0.15, 0.2) is 24.3 Å². The van der Waals surface area contributed by atoms with Gasteiger partial charge in [-0.2, -0.15) is 0 Å². The Labute approximate surface area is 110 Å². The molecule has 0 bridgehead atoms. The topological polar surface area (TPSA) is 38.5 Å². The van der Waals surface area contributed by atoms with E-state index >= 15 is 0 Å². The molecule has 1 aliphatic rings. The number of ether oxygens (including phenoxy) is 1. The van der Waals surface area contributed by atoms with Crippen molar-refractivity contribution in [2.45, 2.75) is 38.8 Å². The highest BCUT2D eigenvalue weighted by Crippen LogP contribution is 2.28. The fourth-order valence-electron chi connectivity index (χ4n) is 2.79. The Bertz CT molecular complexity index is 355. The van der Waals surface area contributed by atoms with Crippen molar-refractivity contribution in [2.75, 3.05) is 19.7 Å². The Morgan fingerprint density at radius 2 is 1.83 bits per heavy atom. The van der Waals surface area contributed by atoms with E-state index in [1.165, 1.54) is 31.5 Å². The fraction of sp³-hybridized carbons (Fsp3) is 0.600. The van der Waals surface area contributed by atoms with Gasteiger partial charge in [-0.25, -0.2) is 0 Å². The molecule has 2 rings (SSSR count). The third-order valence-electron chi connectivity index (χ3n) is 3.56. The third kappa shape index (κ3) is 3.03. The average molecular weight is 248 g/mol. The number of hydrogen-bond acceptors (Lipinski definition) is 3. The molecule has 100 valence electrons. The molecule has 2 atom stereocenters. The number of nitrogens with two attached hydrogens (primary N) is 1. The first-order valence-corrected chi connectivity index (χ1v) is 6.94. The van der Waals surface area contributed by atoms with Crippen molar-refractivity contribution < 1.29 is 4.74 Å². The van der Waals surface area contributed by atoms with Crippen LogP contribution in [-0.2, 0) is 0 Å². The Hall–Kier alpha value is -1.06. The lowest BCUT2D eigenvalue weighted by molar-refractivity contribution is 0.219. The van der Waals surface area contributed by atoms with Crippen LogP contribution in [0.2, 0.25) is 0 Å². The van der Waals surface area contributed by atoms with Crippen molar-refractivity contribution in [2.24, 2.45) is 5.73 Å². The van der Waals surface area contributed by atoms with Crippen LogP contribution < -0.4 is 10.5 Å². The van der Waals surface area contributed by atoms with Crippen LogP contribution in [0.5, 0.6) is 5.75 Å². The molecule has 2 unspecified atom stereocenters. The molecule has 3 heteroatoms. The van der Waals surface area contributed by atoms with Crippen LogP contribution in [0.25, 0.3) is 0 Å². The van der Waals surface area contributed by atoms with Gasteiger partial charge in [0.15, 0.2) is 0 Å². The first kappa shape index (κ1) is 13.4. The normalized spacial score (nSPS) is 19.7. The smallest absolute Gasteiger partial charge is 0.119 e. The van der Waals surface area contributed by atoms with Crippen LogP contribution in [-0.4, -0.2) is 30.6 Å². The highest BCUT2D eigenvalue weighted by molar-refractivity contribution is 5.30. The maximum atomic E-state index is 6.17. The van der Waals surface area contributed by atoms with Crippen LogP contribution in [0.1, 0.15) is 38.3 Å². The van der Waals surface area contributed by atoms with Gasteiger partial charge in [0, 0.05) is 12.1 Å². The molecule has 1 aromatic carbocycles. The summed E-state index contributed by atoms with van der Waals surface area (Å²) in [6, 6.07) is 8.88. The van der Waals surface area contributed by atoms with Crippen molar-refractivity contribution >= 4 is 0 Å². The second kappa shape index (κ2) is 6.21. The van der Waals surface area contributed by atoms with E-state index in [1.54, 1.807) is 0 Å². The summed E-state index contributed by atoms with van der Waals surface area (Å²) in [5, 5.41) is 0. The minimum absolute atomic E-state index is 0.154. The molecule has 1 aromatic rings. The maximum Gasteiger partial charge on any atom is 0.119 e. The lowest BCUT2D eigenvalue weighted by atomic mass is 9.99. The summed E-state index contributed by atoms with van der Waals surface area (Å²) in [7, 11) is 0. The van der Waals surface area contributed by atoms with Gasteiger partial charge >= 0.3 is 0 Å². The van der Waals surface area contributed by atoms with Gasteiger partial charge in [-0.3, -0.25) is 4.90 Å². The zero-order valence-corrected chi connectivity index (χ0v) is 11.4. The van der Waals surface area contributed by atoms with Gasteiger partial charge in [0.05, 0.1) is 6.61 Å². The van der Waals surface area contributed by atoms with E-state index in [0.29, 0.717) is 12.6 Å². The zero-order valence-electron chi connectivity index (χ0n) is 11.4. The molecule has 1 heterocycles. The Morgan fingerprint density at radius 3 is 2.33 bits per heavy atom. The van der Waals surface area contributed by atoms with E-state index in [0.717, 1.165) is 5.75 Å². The summed E-state index contributed by atoms with van der Waals surface area (Å²) < 4.78 is 5.48. The van der Waals surface area contributed by atoms with Gasteiger partial charge in [0.25, 0.3) is 0 Å². The highest BCUT2D eigenvalue weighted by Gasteiger charge is 2.26. The average Bonchev–Trinajstić information content (AvgIpc) is 2.85. The number of rotatable bonds is 5. The highest BCUT2D eigenvalue weighted by atomic mass is 16.5. The molecule has 0 radical (unpaired) electrons. The van der Waals surface area contributed by atoms with Crippen LogP contribution in [0.4, 0.5) is 0 Å². The van der Waals surface area contributed by atoms with Gasteiger partial charge < -0.3 is 10.5 Å². The molecule has 18 heavy (non-hydrogen) atoms. The van der Waals surface area contributed by atoms with Crippen molar-refractivity contribution in [1.29, 1.82) is 0 Å². The molecule has 1 fully saturated rings. The molecule has 1 saturated heterocycles. The number of benzene rings is 1. The maximum absolute atomic E-state index is 6.17. The second-order valence-corrected chi connectivity index (χ2v) is 5.05. The summed E-state index contributed by atoms with van der Waals surface area (Å²) in [4.78, 5) is 2.50. The standard InChI is InChI=1S/C15H24N2O/c1-3-18-14-8-6-13(7-9-14)15(12(2)16)17-10-4-5-11-17/h6-9,12,15H,3-5,10-11,16H2,1-2H3. The van der Waals surface area contributed by atoms with Gasteiger partial charge in [0.2, 0.25) is 0 Å². The van der Waals surface area contributed by atoms with Crippen molar-refractivity contribution in [3.8, 4) is 5.75 Å². The number of nitrogens with zero attached hydrogens (tertiary/aromatic N) is 1. The van der Waals surface area contributed by atoms with Crippen LogP contribution >= 0.6 is 0 Å². The Balaban J connectivity index is 2.14. The van der Waals surface area contributed by atoms with Gasteiger partial charge in [-0.15, -0.1) is 0 Å². The first-order chi connectivity index (χ1) is 8.72. The first-order valence-electron chi connectivity index (χ1n) is 6.94. The summed E-state index contributed by atoms with van der Waals surface area (Å²) in [5.74, 6) is 0.936. The Morgan fingerprint density at radius 1 is 1.22 bits per heavy atom. The summed E-state index contributed by atoms with van der Waals surface area (Å²) in [5.41, 5.74) is 7.47. The van der Waals surface area contributed by atoms with Crippen molar-refractivity contribution in [1.82, 2.24) is 4.90 Å². The number of likely N-dealkylation sites (tertiary alicyclic amines) is 1. The molecule has 0 saturated carbocycles. The minimum atomic E-state index is 0.154. The molecule has 0 spiro atoms. The molecule has 1 aliphatic heterocycles. The number of hydrogen-bond donors (Lipinski definition) is 1. The summed E-state index contributed by atoms with van der Waals surface area (Å²) in [6.45, 7) is 7.14. The monoisotopic (exact) mass is 248 g/mol. The molecule has 0 aliphatic carbocycles. The van der Waals surface area contributed by atoms with Crippen LogP contribution in [0.3, 0.4) is 0 Å². The van der Waals surface area contributed by atoms with Gasteiger partial charge in [-0.05, 0) is 57.5 Å². The van der Waals surface area contributed by atoms with E-state index in [9.17, 15) is 0 Å². The van der Waals surface area contributed by atoms with E-state index in [1.807, 2.05) is 19.1 Å². The SMILES string of the molecule is CCOc1ccc(C(C(C)N)N2CCCC2)cc1. The molecular weight excluding hydrogens is 224 g/mol. The van der Waals surface area contributed by atoms with E-state index in [4.69, 9.17) is 10.5 Å². The molecule has 3 nitrogen and oxygen atoms in total. The van der Waals surface area contributed by atoms with Crippen LogP contribution in [0, 0.1) is 0 Å². The minimum Gasteiger partial charge on any atom is -0.494 e. The molecule has 0 aromatic heterocycles. The Kier molecular flexibility index (Phi) is 4.61. The predicted molar refractivity (Wildman–Crippen MR) is 74.8 cm³/mol. The fourth-order valence-corrected chi connectivity index (χ4v) is 2.79. The van der Waals surface area contributed by atoms with Crippen molar-refractivity contribution in [3.63, 3.8) is 0 Å². The lowest BCUT2D eigenvalue weighted by Crippen LogP contribution is -2.37. The van der Waals surface area contributed by atoms with Gasteiger partial charge in [0.1, 0.15) is 5.75 Å². The van der Waals surface area contributed by atoms with E-state index in [2.05, 4.69) is 24.0 Å². The molecule has 2 N–H and O–H groups in total. The van der Waals surface area contributed by atoms with Crippen molar-refractivity contribution in [3.05, 3.63) is 29.8 Å². The lowest BCUT2D eigenvalue weighted by Gasteiger charge is -2.31. The summed E-state index contributed by atoms with van der Waals surface area (Å²) in [6.07, 6.45) is 2.58. The second-order valence-electron chi connectivity index (χ2n) is 5.05. The predicted octanol–water partition coefficient (Wildman–Crippen LogP) is 2.57.